The molecule has 5 heteroatoms. The van der Waals surface area contributed by atoms with Crippen LogP contribution >= 0.6 is 0 Å². The summed E-state index contributed by atoms with van der Waals surface area (Å²) in [6, 6.07) is 7.83. The summed E-state index contributed by atoms with van der Waals surface area (Å²) >= 11 is 0. The molecule has 0 heterocycles. The summed E-state index contributed by atoms with van der Waals surface area (Å²) in [4.78, 5) is 22.7. The van der Waals surface area contributed by atoms with Crippen molar-refractivity contribution >= 4 is 17.5 Å². The molecule has 1 fully saturated rings. The lowest BCUT2D eigenvalue weighted by Gasteiger charge is -2.10. The predicted molar refractivity (Wildman–Crippen MR) is 73.6 cm³/mol. The second-order valence-corrected chi connectivity index (χ2v) is 4.83. The van der Waals surface area contributed by atoms with Crippen molar-refractivity contribution in [1.29, 1.82) is 0 Å². The molecular formula is C14H19N3O2. The van der Waals surface area contributed by atoms with Crippen LogP contribution in [0.25, 0.3) is 0 Å². The molecule has 1 saturated carbocycles. The monoisotopic (exact) mass is 261 g/mol. The molecule has 0 aliphatic heterocycles. The molecule has 0 spiro atoms. The highest BCUT2D eigenvalue weighted by molar-refractivity contribution is 5.92. The van der Waals surface area contributed by atoms with Gasteiger partial charge in [0.1, 0.15) is 0 Å². The number of para-hydroxylation sites is 1. The first-order chi connectivity index (χ1) is 9.15. The van der Waals surface area contributed by atoms with E-state index in [2.05, 4.69) is 10.6 Å². The SMILES string of the molecule is NC(=O)Cc1ccccc1NC(=O)CCNC1CC1. The number of primary amides is 1. The largest absolute Gasteiger partial charge is 0.369 e. The first-order valence-electron chi connectivity index (χ1n) is 6.54. The van der Waals surface area contributed by atoms with E-state index >= 15 is 0 Å². The van der Waals surface area contributed by atoms with Gasteiger partial charge in [-0.25, -0.2) is 0 Å². The molecule has 2 amide bonds. The highest BCUT2D eigenvalue weighted by Gasteiger charge is 2.20. The normalized spacial score (nSPS) is 14.1. The molecule has 5 nitrogen and oxygen atoms in total. The zero-order valence-corrected chi connectivity index (χ0v) is 10.8. The van der Waals surface area contributed by atoms with Crippen LogP contribution in [0.15, 0.2) is 24.3 Å². The van der Waals surface area contributed by atoms with Crippen molar-refractivity contribution in [2.24, 2.45) is 5.73 Å². The number of amides is 2. The summed E-state index contributed by atoms with van der Waals surface area (Å²) in [7, 11) is 0. The first kappa shape index (κ1) is 13.5. The number of nitrogens with two attached hydrogens (primary N) is 1. The quantitative estimate of drug-likeness (QED) is 0.678. The van der Waals surface area contributed by atoms with Crippen LogP contribution in [0, 0.1) is 0 Å². The summed E-state index contributed by atoms with van der Waals surface area (Å²) in [5.41, 5.74) is 6.60. The van der Waals surface area contributed by atoms with Crippen LogP contribution in [-0.4, -0.2) is 24.4 Å². The maximum absolute atomic E-state index is 11.8. The molecule has 0 aromatic heterocycles. The van der Waals surface area contributed by atoms with Gasteiger partial charge in [0, 0.05) is 24.7 Å². The minimum absolute atomic E-state index is 0.0509. The van der Waals surface area contributed by atoms with Crippen LogP contribution in [-0.2, 0) is 16.0 Å². The van der Waals surface area contributed by atoms with Gasteiger partial charge in [-0.3, -0.25) is 9.59 Å². The van der Waals surface area contributed by atoms with Crippen LogP contribution in [0.4, 0.5) is 5.69 Å². The van der Waals surface area contributed by atoms with E-state index in [-0.39, 0.29) is 12.3 Å². The number of rotatable bonds is 7. The van der Waals surface area contributed by atoms with E-state index in [0.29, 0.717) is 24.7 Å². The van der Waals surface area contributed by atoms with E-state index in [0.717, 1.165) is 5.56 Å². The molecule has 19 heavy (non-hydrogen) atoms. The van der Waals surface area contributed by atoms with Gasteiger partial charge in [-0.15, -0.1) is 0 Å². The lowest BCUT2D eigenvalue weighted by molar-refractivity contribution is -0.118. The number of anilines is 1. The summed E-state index contributed by atoms with van der Waals surface area (Å²) in [5.74, 6) is -0.456. The third-order valence-electron chi connectivity index (χ3n) is 3.02. The molecule has 0 unspecified atom stereocenters. The van der Waals surface area contributed by atoms with Crippen molar-refractivity contribution in [2.75, 3.05) is 11.9 Å². The zero-order valence-electron chi connectivity index (χ0n) is 10.8. The Morgan fingerprint density at radius 1 is 1.26 bits per heavy atom. The Labute approximate surface area is 112 Å². The van der Waals surface area contributed by atoms with E-state index in [1.54, 1.807) is 12.1 Å². The lowest BCUT2D eigenvalue weighted by Crippen LogP contribution is -2.24. The third-order valence-corrected chi connectivity index (χ3v) is 3.02. The molecule has 0 saturated heterocycles. The van der Waals surface area contributed by atoms with Crippen LogP contribution in [0.2, 0.25) is 0 Å². The van der Waals surface area contributed by atoms with E-state index in [4.69, 9.17) is 5.73 Å². The second-order valence-electron chi connectivity index (χ2n) is 4.83. The molecular weight excluding hydrogens is 242 g/mol. The summed E-state index contributed by atoms with van der Waals surface area (Å²) in [6.45, 7) is 0.689. The average Bonchev–Trinajstić information content (AvgIpc) is 3.15. The van der Waals surface area contributed by atoms with Gasteiger partial charge in [0.15, 0.2) is 0 Å². The lowest BCUT2D eigenvalue weighted by atomic mass is 10.1. The Bertz CT molecular complexity index is 470. The molecule has 1 aromatic rings. The number of carbonyl (C=O) groups is 2. The van der Waals surface area contributed by atoms with E-state index in [1.165, 1.54) is 12.8 Å². The molecule has 2 rings (SSSR count). The Morgan fingerprint density at radius 2 is 2.00 bits per heavy atom. The highest BCUT2D eigenvalue weighted by atomic mass is 16.2. The van der Waals surface area contributed by atoms with Crippen molar-refractivity contribution in [2.45, 2.75) is 31.7 Å². The van der Waals surface area contributed by atoms with Gasteiger partial charge in [-0.1, -0.05) is 18.2 Å². The molecule has 0 bridgehead atoms. The summed E-state index contributed by atoms with van der Waals surface area (Å²) < 4.78 is 0. The van der Waals surface area contributed by atoms with Gasteiger partial charge in [0.2, 0.25) is 11.8 Å². The van der Waals surface area contributed by atoms with E-state index in [9.17, 15) is 9.59 Å². The van der Waals surface area contributed by atoms with Gasteiger partial charge in [-0.2, -0.15) is 0 Å². The van der Waals surface area contributed by atoms with Gasteiger partial charge in [0.25, 0.3) is 0 Å². The zero-order chi connectivity index (χ0) is 13.7. The molecule has 0 radical (unpaired) electrons. The fourth-order valence-corrected chi connectivity index (χ4v) is 1.87. The van der Waals surface area contributed by atoms with Crippen molar-refractivity contribution in [3.63, 3.8) is 0 Å². The van der Waals surface area contributed by atoms with Crippen molar-refractivity contribution in [3.05, 3.63) is 29.8 Å². The number of hydrogen-bond acceptors (Lipinski definition) is 3. The standard InChI is InChI=1S/C14H19N3O2/c15-13(18)9-10-3-1-2-4-12(10)17-14(19)7-8-16-11-5-6-11/h1-4,11,16H,5-9H2,(H2,15,18)(H,17,19). The Hall–Kier alpha value is -1.88. The molecule has 4 N–H and O–H groups in total. The van der Waals surface area contributed by atoms with Gasteiger partial charge >= 0.3 is 0 Å². The fourth-order valence-electron chi connectivity index (χ4n) is 1.87. The maximum atomic E-state index is 11.8. The Morgan fingerprint density at radius 3 is 2.68 bits per heavy atom. The summed E-state index contributed by atoms with van der Waals surface area (Å²) in [6.07, 6.45) is 2.99. The van der Waals surface area contributed by atoms with E-state index in [1.807, 2.05) is 12.1 Å². The number of benzene rings is 1. The van der Waals surface area contributed by atoms with Crippen LogP contribution in [0.1, 0.15) is 24.8 Å². The van der Waals surface area contributed by atoms with Crippen LogP contribution in [0.3, 0.4) is 0 Å². The third kappa shape index (κ3) is 4.71. The Kier molecular flexibility index (Phi) is 4.52. The molecule has 1 aromatic carbocycles. The van der Waals surface area contributed by atoms with Gasteiger partial charge in [0.05, 0.1) is 6.42 Å². The smallest absolute Gasteiger partial charge is 0.225 e. The molecule has 102 valence electrons. The average molecular weight is 261 g/mol. The molecule has 0 atom stereocenters. The first-order valence-corrected chi connectivity index (χ1v) is 6.54. The van der Waals surface area contributed by atoms with Crippen LogP contribution < -0.4 is 16.4 Å². The fraction of sp³-hybridized carbons (Fsp3) is 0.429. The van der Waals surface area contributed by atoms with Gasteiger partial charge in [-0.05, 0) is 24.5 Å². The maximum Gasteiger partial charge on any atom is 0.225 e. The Balaban J connectivity index is 1.85. The second kappa shape index (κ2) is 6.33. The van der Waals surface area contributed by atoms with Gasteiger partial charge < -0.3 is 16.4 Å². The number of hydrogen-bond donors (Lipinski definition) is 3. The predicted octanol–water partition coefficient (Wildman–Crippen LogP) is 0.795. The number of carbonyl (C=O) groups excluding carboxylic acids is 2. The molecule has 1 aliphatic carbocycles. The minimum atomic E-state index is -0.405. The molecule has 1 aliphatic rings. The highest BCUT2D eigenvalue weighted by Crippen LogP contribution is 2.18. The summed E-state index contributed by atoms with van der Waals surface area (Å²) in [5, 5.41) is 6.11. The van der Waals surface area contributed by atoms with Crippen molar-refractivity contribution in [3.8, 4) is 0 Å². The van der Waals surface area contributed by atoms with Crippen molar-refractivity contribution < 1.29 is 9.59 Å². The van der Waals surface area contributed by atoms with Crippen LogP contribution in [0.5, 0.6) is 0 Å². The number of nitrogens with one attached hydrogen (secondary N) is 2. The van der Waals surface area contributed by atoms with E-state index < -0.39 is 5.91 Å². The topological polar surface area (TPSA) is 84.2 Å². The minimum Gasteiger partial charge on any atom is -0.369 e. The van der Waals surface area contributed by atoms with Crippen molar-refractivity contribution in [1.82, 2.24) is 5.32 Å².